The highest BCUT2D eigenvalue weighted by molar-refractivity contribution is 5.67. The Morgan fingerprint density at radius 2 is 2.00 bits per heavy atom. The van der Waals surface area contributed by atoms with E-state index in [0.717, 1.165) is 0 Å². The molecular formula is C9H14O4. The molecule has 0 heterocycles. The zero-order valence-corrected chi connectivity index (χ0v) is 7.91. The first-order chi connectivity index (χ1) is 6.06. The molecule has 1 atom stereocenters. The van der Waals surface area contributed by atoms with Crippen LogP contribution in [0.15, 0.2) is 12.7 Å². The second-order valence-corrected chi connectivity index (χ2v) is 2.56. The van der Waals surface area contributed by atoms with Crippen LogP contribution in [0.1, 0.15) is 20.3 Å². The summed E-state index contributed by atoms with van der Waals surface area (Å²) in [4.78, 5) is 21.0. The molecule has 0 saturated carbocycles. The molecule has 0 radical (unpaired) electrons. The second-order valence-electron chi connectivity index (χ2n) is 2.56. The van der Waals surface area contributed by atoms with Crippen molar-refractivity contribution in [2.45, 2.75) is 26.4 Å². The van der Waals surface area contributed by atoms with Crippen LogP contribution >= 0.6 is 0 Å². The summed E-state index contributed by atoms with van der Waals surface area (Å²) in [5, 5.41) is 0. The Balaban J connectivity index is 3.85. The SMILES string of the molecule is C=CCC(COC(C)=O)OC(C)=O. The molecule has 0 saturated heterocycles. The smallest absolute Gasteiger partial charge is 0.303 e. The minimum atomic E-state index is -0.418. The van der Waals surface area contributed by atoms with Gasteiger partial charge in [0.25, 0.3) is 0 Å². The normalized spacial score (nSPS) is 11.5. The number of ether oxygens (including phenoxy) is 2. The molecule has 0 aliphatic rings. The predicted octanol–water partition coefficient (Wildman–Crippen LogP) is 1.06. The monoisotopic (exact) mass is 186 g/mol. The highest BCUT2D eigenvalue weighted by atomic mass is 16.6. The lowest BCUT2D eigenvalue weighted by Gasteiger charge is -2.14. The van der Waals surface area contributed by atoms with Crippen LogP contribution in [0.25, 0.3) is 0 Å². The molecule has 0 amide bonds. The van der Waals surface area contributed by atoms with Gasteiger partial charge in [0.2, 0.25) is 0 Å². The van der Waals surface area contributed by atoms with Gasteiger partial charge in [-0.25, -0.2) is 0 Å². The average Bonchev–Trinajstić information content (AvgIpc) is 1.99. The van der Waals surface area contributed by atoms with E-state index in [2.05, 4.69) is 6.58 Å². The van der Waals surface area contributed by atoms with E-state index in [-0.39, 0.29) is 18.5 Å². The highest BCUT2D eigenvalue weighted by Gasteiger charge is 2.11. The van der Waals surface area contributed by atoms with Crippen LogP contribution < -0.4 is 0 Å². The number of hydrogen-bond donors (Lipinski definition) is 0. The summed E-state index contributed by atoms with van der Waals surface area (Å²) in [6, 6.07) is 0. The van der Waals surface area contributed by atoms with Crippen molar-refractivity contribution in [2.75, 3.05) is 6.61 Å². The summed E-state index contributed by atoms with van der Waals surface area (Å²) in [5.74, 6) is -0.778. The highest BCUT2D eigenvalue weighted by Crippen LogP contribution is 2.01. The van der Waals surface area contributed by atoms with Crippen LogP contribution in [0.5, 0.6) is 0 Å². The van der Waals surface area contributed by atoms with E-state index < -0.39 is 6.10 Å². The third-order valence-corrected chi connectivity index (χ3v) is 1.23. The van der Waals surface area contributed by atoms with Gasteiger partial charge < -0.3 is 9.47 Å². The van der Waals surface area contributed by atoms with E-state index in [1.807, 2.05) is 0 Å². The van der Waals surface area contributed by atoms with E-state index in [0.29, 0.717) is 6.42 Å². The Labute approximate surface area is 77.5 Å². The minimum Gasteiger partial charge on any atom is -0.462 e. The summed E-state index contributed by atoms with van der Waals surface area (Å²) in [6.45, 7) is 6.20. The molecule has 0 bridgehead atoms. The molecule has 0 aliphatic carbocycles. The number of carbonyl (C=O) groups excluding carboxylic acids is 2. The van der Waals surface area contributed by atoms with Crippen molar-refractivity contribution in [3.05, 3.63) is 12.7 Å². The zero-order chi connectivity index (χ0) is 10.3. The molecule has 0 fully saturated rings. The van der Waals surface area contributed by atoms with Crippen molar-refractivity contribution in [3.8, 4) is 0 Å². The second kappa shape index (κ2) is 6.22. The fourth-order valence-corrected chi connectivity index (χ4v) is 0.781. The van der Waals surface area contributed by atoms with E-state index in [9.17, 15) is 9.59 Å². The minimum absolute atomic E-state index is 0.0843. The molecule has 0 rings (SSSR count). The maximum Gasteiger partial charge on any atom is 0.303 e. The third-order valence-electron chi connectivity index (χ3n) is 1.23. The average molecular weight is 186 g/mol. The third kappa shape index (κ3) is 7.05. The summed E-state index contributed by atoms with van der Waals surface area (Å²) < 4.78 is 9.55. The van der Waals surface area contributed by atoms with E-state index in [1.165, 1.54) is 13.8 Å². The van der Waals surface area contributed by atoms with Gasteiger partial charge in [-0.1, -0.05) is 6.08 Å². The van der Waals surface area contributed by atoms with Crippen LogP contribution in [0, 0.1) is 0 Å². The lowest BCUT2D eigenvalue weighted by atomic mass is 10.2. The Morgan fingerprint density at radius 3 is 2.38 bits per heavy atom. The van der Waals surface area contributed by atoms with Gasteiger partial charge in [0.1, 0.15) is 12.7 Å². The number of hydrogen-bond acceptors (Lipinski definition) is 4. The first-order valence-electron chi connectivity index (χ1n) is 3.97. The van der Waals surface area contributed by atoms with E-state index in [1.54, 1.807) is 6.08 Å². The van der Waals surface area contributed by atoms with Gasteiger partial charge in [0.05, 0.1) is 0 Å². The quantitative estimate of drug-likeness (QED) is 0.476. The number of carbonyl (C=O) groups is 2. The van der Waals surface area contributed by atoms with Gasteiger partial charge in [-0.15, -0.1) is 6.58 Å². The van der Waals surface area contributed by atoms with Crippen LogP contribution in [0.2, 0.25) is 0 Å². The molecule has 0 aromatic carbocycles. The Morgan fingerprint density at radius 1 is 1.38 bits per heavy atom. The molecule has 0 spiro atoms. The van der Waals surface area contributed by atoms with Gasteiger partial charge >= 0.3 is 11.9 Å². The van der Waals surface area contributed by atoms with Crippen molar-refractivity contribution in [1.82, 2.24) is 0 Å². The van der Waals surface area contributed by atoms with Crippen molar-refractivity contribution in [3.63, 3.8) is 0 Å². The summed E-state index contributed by atoms with van der Waals surface area (Å²) in [6.07, 6.45) is 1.67. The molecule has 0 aliphatic heterocycles. The zero-order valence-electron chi connectivity index (χ0n) is 7.91. The topological polar surface area (TPSA) is 52.6 Å². The molecular weight excluding hydrogens is 172 g/mol. The fraction of sp³-hybridized carbons (Fsp3) is 0.556. The molecule has 0 aromatic heterocycles. The van der Waals surface area contributed by atoms with Gasteiger partial charge in [0.15, 0.2) is 0 Å². The van der Waals surface area contributed by atoms with Crippen LogP contribution in [0.3, 0.4) is 0 Å². The van der Waals surface area contributed by atoms with E-state index >= 15 is 0 Å². The van der Waals surface area contributed by atoms with Gasteiger partial charge in [-0.2, -0.15) is 0 Å². The molecule has 13 heavy (non-hydrogen) atoms. The molecule has 1 unspecified atom stereocenters. The van der Waals surface area contributed by atoms with Crippen molar-refractivity contribution < 1.29 is 19.1 Å². The first-order valence-corrected chi connectivity index (χ1v) is 3.97. The summed E-state index contributed by atoms with van der Waals surface area (Å²) >= 11 is 0. The van der Waals surface area contributed by atoms with Crippen molar-refractivity contribution in [1.29, 1.82) is 0 Å². The van der Waals surface area contributed by atoms with Gasteiger partial charge in [-0.3, -0.25) is 9.59 Å². The molecule has 4 nitrogen and oxygen atoms in total. The predicted molar refractivity (Wildman–Crippen MR) is 47.0 cm³/mol. The number of esters is 2. The summed E-state index contributed by atoms with van der Waals surface area (Å²) in [7, 11) is 0. The lowest BCUT2D eigenvalue weighted by Crippen LogP contribution is -2.22. The maximum atomic E-state index is 10.6. The molecule has 0 N–H and O–H groups in total. The Hall–Kier alpha value is -1.32. The Bertz CT molecular complexity index is 198. The lowest BCUT2D eigenvalue weighted by molar-refractivity contribution is -0.156. The fourth-order valence-electron chi connectivity index (χ4n) is 0.781. The van der Waals surface area contributed by atoms with Crippen LogP contribution in [-0.4, -0.2) is 24.6 Å². The van der Waals surface area contributed by atoms with Crippen molar-refractivity contribution >= 4 is 11.9 Å². The van der Waals surface area contributed by atoms with Crippen LogP contribution in [-0.2, 0) is 19.1 Å². The molecule has 74 valence electrons. The summed E-state index contributed by atoms with van der Waals surface area (Å²) in [5.41, 5.74) is 0. The van der Waals surface area contributed by atoms with Gasteiger partial charge in [0, 0.05) is 20.3 Å². The maximum absolute atomic E-state index is 10.6. The standard InChI is InChI=1S/C9H14O4/c1-4-5-9(13-8(3)11)6-12-7(2)10/h4,9H,1,5-6H2,2-3H3. The molecule has 0 aromatic rings. The Kier molecular flexibility index (Phi) is 5.59. The largest absolute Gasteiger partial charge is 0.462 e. The van der Waals surface area contributed by atoms with E-state index in [4.69, 9.17) is 9.47 Å². The van der Waals surface area contributed by atoms with Crippen molar-refractivity contribution in [2.24, 2.45) is 0 Å². The first kappa shape index (κ1) is 11.7. The molecule has 4 heteroatoms. The van der Waals surface area contributed by atoms with Gasteiger partial charge in [-0.05, 0) is 0 Å². The number of rotatable bonds is 5. The van der Waals surface area contributed by atoms with Crippen LogP contribution in [0.4, 0.5) is 0 Å².